The number of ether oxygens (including phenoxy) is 1. The molecule has 0 atom stereocenters. The summed E-state index contributed by atoms with van der Waals surface area (Å²) in [5.74, 6) is -0.739. The molecule has 3 rings (SSSR count). The van der Waals surface area contributed by atoms with Crippen LogP contribution in [-0.4, -0.2) is 37.4 Å². The van der Waals surface area contributed by atoms with Crippen LogP contribution >= 0.6 is 0 Å². The molecular weight excluding hydrogens is 439 g/mol. The molecule has 0 spiro atoms. The molecule has 12 heteroatoms. The highest BCUT2D eigenvalue weighted by Crippen LogP contribution is 2.31. The van der Waals surface area contributed by atoms with Gasteiger partial charge in [0.05, 0.1) is 23.3 Å². The van der Waals surface area contributed by atoms with E-state index < -0.39 is 33.2 Å². The fourth-order valence-electron chi connectivity index (χ4n) is 2.50. The van der Waals surface area contributed by atoms with Gasteiger partial charge in [-0.15, -0.1) is 5.10 Å². The number of benzene rings is 2. The molecule has 0 aliphatic carbocycles. The van der Waals surface area contributed by atoms with E-state index in [9.17, 15) is 26.4 Å². The van der Waals surface area contributed by atoms with Crippen molar-refractivity contribution in [3.8, 4) is 17.2 Å². The van der Waals surface area contributed by atoms with Gasteiger partial charge in [-0.1, -0.05) is 5.10 Å². The number of halogens is 3. The molecule has 8 nitrogen and oxygen atoms in total. The molecule has 2 aromatic carbocycles. The molecule has 0 saturated carbocycles. The molecule has 0 aliphatic heterocycles. The second kappa shape index (κ2) is 8.76. The average Bonchev–Trinajstić information content (AvgIpc) is 3.20. The number of aromatic nitrogens is 2. The number of hydrogen-bond donors (Lipinski definition) is 1. The Morgan fingerprint density at radius 2 is 1.71 bits per heavy atom. The van der Waals surface area contributed by atoms with Gasteiger partial charge in [-0.25, -0.2) is 8.42 Å². The van der Waals surface area contributed by atoms with Crippen molar-refractivity contribution >= 4 is 21.8 Å². The molecule has 1 N–H and O–H groups in total. The van der Waals surface area contributed by atoms with Gasteiger partial charge in [-0.3, -0.25) is 10.1 Å². The number of nitrogens with one attached hydrogen (secondary N) is 1. The number of nitrogens with zero attached hydrogens (tertiary/aromatic N) is 2. The lowest BCUT2D eigenvalue weighted by Crippen LogP contribution is -2.17. The number of carbonyl (C=O) groups excluding carboxylic acids is 1. The molecule has 0 radical (unpaired) electrons. The minimum absolute atomic E-state index is 0.0449. The van der Waals surface area contributed by atoms with Crippen molar-refractivity contribution in [2.45, 2.75) is 17.5 Å². The van der Waals surface area contributed by atoms with Crippen molar-refractivity contribution in [1.82, 2.24) is 10.2 Å². The summed E-state index contributed by atoms with van der Waals surface area (Å²) in [5, 5.41) is 9.52. The Hall–Kier alpha value is -3.41. The summed E-state index contributed by atoms with van der Waals surface area (Å²) in [4.78, 5) is 12.1. The predicted molar refractivity (Wildman–Crippen MR) is 103 cm³/mol. The van der Waals surface area contributed by atoms with Crippen LogP contribution in [0.1, 0.15) is 12.0 Å². The second-order valence-electron chi connectivity index (χ2n) is 6.28. The molecule has 0 unspecified atom stereocenters. The van der Waals surface area contributed by atoms with E-state index in [4.69, 9.17) is 9.15 Å². The van der Waals surface area contributed by atoms with Crippen LogP contribution in [0.5, 0.6) is 5.75 Å². The van der Waals surface area contributed by atoms with Crippen molar-refractivity contribution in [1.29, 1.82) is 0 Å². The lowest BCUT2D eigenvalue weighted by atomic mass is 10.1. The number of rotatable bonds is 7. The van der Waals surface area contributed by atoms with E-state index in [0.717, 1.165) is 24.3 Å². The highest BCUT2D eigenvalue weighted by atomic mass is 32.2. The van der Waals surface area contributed by atoms with E-state index in [1.54, 1.807) is 0 Å². The lowest BCUT2D eigenvalue weighted by Gasteiger charge is -2.06. The summed E-state index contributed by atoms with van der Waals surface area (Å²) < 4.78 is 72.7. The number of alkyl halides is 3. The molecule has 1 aromatic heterocycles. The minimum Gasteiger partial charge on any atom is -0.497 e. The van der Waals surface area contributed by atoms with Crippen molar-refractivity contribution in [3.05, 3.63) is 54.1 Å². The highest BCUT2D eigenvalue weighted by Gasteiger charge is 2.30. The fraction of sp³-hybridized carbons (Fsp3) is 0.211. The van der Waals surface area contributed by atoms with Gasteiger partial charge in [-0.05, 0) is 48.5 Å². The lowest BCUT2D eigenvalue weighted by molar-refractivity contribution is -0.137. The topological polar surface area (TPSA) is 111 Å². The van der Waals surface area contributed by atoms with E-state index in [-0.39, 0.29) is 28.8 Å². The smallest absolute Gasteiger partial charge is 0.416 e. The van der Waals surface area contributed by atoms with Gasteiger partial charge < -0.3 is 9.15 Å². The van der Waals surface area contributed by atoms with Gasteiger partial charge in [0.15, 0.2) is 9.84 Å². The van der Waals surface area contributed by atoms with Gasteiger partial charge in [0, 0.05) is 12.0 Å². The maximum atomic E-state index is 12.6. The molecule has 31 heavy (non-hydrogen) atoms. The first-order valence-electron chi connectivity index (χ1n) is 8.76. The van der Waals surface area contributed by atoms with Crippen LogP contribution in [0, 0.1) is 0 Å². The van der Waals surface area contributed by atoms with Gasteiger partial charge in [0.1, 0.15) is 5.75 Å². The molecule has 164 valence electrons. The van der Waals surface area contributed by atoms with E-state index >= 15 is 0 Å². The standard InChI is InChI=1S/C19H16F3N3O5S/c1-29-14-6-8-15(9-7-14)31(27,28)11-10-16(26)23-18-25-24-17(30-18)12-2-4-13(5-3-12)19(20,21)22/h2-9H,10-11H2,1H3,(H,23,25,26). The summed E-state index contributed by atoms with van der Waals surface area (Å²) in [5.41, 5.74) is -0.606. The maximum absolute atomic E-state index is 12.6. The SMILES string of the molecule is COc1ccc(S(=O)(=O)CCC(=O)Nc2nnc(-c3ccc(C(F)(F)F)cc3)o2)cc1. The molecule has 0 aliphatic rings. The normalized spacial score (nSPS) is 11.9. The monoisotopic (exact) mass is 455 g/mol. The van der Waals surface area contributed by atoms with E-state index in [1.165, 1.54) is 31.4 Å². The Bertz CT molecular complexity index is 1160. The summed E-state index contributed by atoms with van der Waals surface area (Å²) in [7, 11) is -2.25. The minimum atomic E-state index is -4.47. The van der Waals surface area contributed by atoms with Crippen LogP contribution < -0.4 is 10.1 Å². The van der Waals surface area contributed by atoms with Gasteiger partial charge in [-0.2, -0.15) is 13.2 Å². The van der Waals surface area contributed by atoms with Crippen LogP contribution in [0.25, 0.3) is 11.5 Å². The average molecular weight is 455 g/mol. The largest absolute Gasteiger partial charge is 0.497 e. The van der Waals surface area contributed by atoms with E-state index in [1.807, 2.05) is 0 Å². The van der Waals surface area contributed by atoms with Crippen molar-refractivity contribution in [2.24, 2.45) is 0 Å². The third-order valence-electron chi connectivity index (χ3n) is 4.15. The van der Waals surface area contributed by atoms with Gasteiger partial charge in [0.25, 0.3) is 0 Å². The summed E-state index contributed by atoms with van der Waals surface area (Å²) in [6.07, 6.45) is -4.84. The summed E-state index contributed by atoms with van der Waals surface area (Å²) in [6, 6.07) is 9.47. The van der Waals surface area contributed by atoms with Crippen LogP contribution in [0.2, 0.25) is 0 Å². The van der Waals surface area contributed by atoms with Crippen LogP contribution in [0.3, 0.4) is 0 Å². The first kappa shape index (κ1) is 22.3. The van der Waals surface area contributed by atoms with E-state index in [0.29, 0.717) is 5.75 Å². The number of carbonyl (C=O) groups is 1. The molecule has 1 amide bonds. The summed E-state index contributed by atoms with van der Waals surface area (Å²) in [6.45, 7) is 0. The zero-order valence-electron chi connectivity index (χ0n) is 16.0. The Balaban J connectivity index is 1.59. The van der Waals surface area contributed by atoms with Crippen LogP contribution in [0.4, 0.5) is 19.2 Å². The third kappa shape index (κ3) is 5.60. The van der Waals surface area contributed by atoms with Crippen LogP contribution in [0.15, 0.2) is 57.8 Å². The first-order valence-corrected chi connectivity index (χ1v) is 10.4. The van der Waals surface area contributed by atoms with Crippen LogP contribution in [-0.2, 0) is 20.8 Å². The summed E-state index contributed by atoms with van der Waals surface area (Å²) >= 11 is 0. The zero-order valence-corrected chi connectivity index (χ0v) is 16.8. The van der Waals surface area contributed by atoms with Gasteiger partial charge in [0.2, 0.25) is 11.8 Å². The second-order valence-corrected chi connectivity index (χ2v) is 8.39. The van der Waals surface area contributed by atoms with Gasteiger partial charge >= 0.3 is 12.2 Å². The highest BCUT2D eigenvalue weighted by molar-refractivity contribution is 7.91. The Morgan fingerprint density at radius 1 is 1.06 bits per heavy atom. The number of methoxy groups -OCH3 is 1. The molecule has 1 heterocycles. The Labute approximate surface area is 175 Å². The van der Waals surface area contributed by atoms with E-state index in [2.05, 4.69) is 15.5 Å². The third-order valence-corrected chi connectivity index (χ3v) is 5.88. The molecular formula is C19H16F3N3O5S. The number of sulfone groups is 1. The number of anilines is 1. The number of hydrogen-bond acceptors (Lipinski definition) is 7. The number of amides is 1. The molecule has 0 saturated heterocycles. The molecule has 0 bridgehead atoms. The van der Waals surface area contributed by atoms with Crippen molar-refractivity contribution < 1.29 is 35.5 Å². The molecule has 3 aromatic rings. The first-order chi connectivity index (χ1) is 14.6. The predicted octanol–water partition coefficient (Wildman–Crippen LogP) is 3.57. The fourth-order valence-corrected chi connectivity index (χ4v) is 3.74. The van der Waals surface area contributed by atoms with Crippen molar-refractivity contribution in [3.63, 3.8) is 0 Å². The quantitative estimate of drug-likeness (QED) is 0.580. The Morgan fingerprint density at radius 3 is 2.29 bits per heavy atom. The zero-order chi connectivity index (χ0) is 22.6. The van der Waals surface area contributed by atoms with Crippen molar-refractivity contribution in [2.75, 3.05) is 18.2 Å². The Kier molecular flexibility index (Phi) is 6.29. The molecule has 0 fully saturated rings. The maximum Gasteiger partial charge on any atom is 0.416 e.